The molecule has 0 aliphatic carbocycles. The number of nitrogens with zero attached hydrogens (tertiary/aromatic N) is 1. The van der Waals surface area contributed by atoms with Gasteiger partial charge >= 0.3 is 5.97 Å². The summed E-state index contributed by atoms with van der Waals surface area (Å²) in [4.78, 5) is 38.9. The van der Waals surface area contributed by atoms with Gasteiger partial charge in [-0.1, -0.05) is 25.1 Å². The number of carbonyl (C=O) groups excluding carboxylic acids is 3. The fourth-order valence-electron chi connectivity index (χ4n) is 4.17. The average molecular weight is 453 g/mol. The number of amides is 2. The molecule has 0 saturated carbocycles. The van der Waals surface area contributed by atoms with E-state index in [0.29, 0.717) is 17.0 Å². The zero-order valence-electron chi connectivity index (χ0n) is 19.5. The number of esters is 1. The van der Waals surface area contributed by atoms with Crippen LogP contribution in [0.1, 0.15) is 56.0 Å². The Morgan fingerprint density at radius 3 is 2.30 bits per heavy atom. The molecule has 1 heterocycles. The molecular weight excluding hydrogens is 420 g/mol. The van der Waals surface area contributed by atoms with Crippen molar-refractivity contribution >= 4 is 23.5 Å². The highest BCUT2D eigenvalue weighted by atomic mass is 16.5. The number of rotatable bonds is 8. The molecule has 0 radical (unpaired) electrons. The predicted molar refractivity (Wildman–Crippen MR) is 126 cm³/mol. The minimum absolute atomic E-state index is 0.0335. The van der Waals surface area contributed by atoms with Crippen molar-refractivity contribution in [2.75, 3.05) is 18.5 Å². The molecule has 0 spiro atoms. The predicted octanol–water partition coefficient (Wildman–Crippen LogP) is 4.21. The molecule has 2 unspecified atom stereocenters. The number of ether oxygens (including phenoxy) is 2. The lowest BCUT2D eigenvalue weighted by atomic mass is 9.97. The molecule has 33 heavy (non-hydrogen) atoms. The first-order valence-corrected chi connectivity index (χ1v) is 11.5. The quantitative estimate of drug-likeness (QED) is 0.607. The maximum Gasteiger partial charge on any atom is 0.338 e. The number of nitrogens with one attached hydrogen (secondary N) is 1. The normalized spacial score (nSPS) is 17.8. The number of para-hydroxylation sites is 1. The molecule has 0 bridgehead atoms. The Kier molecular flexibility index (Phi) is 8.46. The smallest absolute Gasteiger partial charge is 0.338 e. The monoisotopic (exact) mass is 452 g/mol. The lowest BCUT2D eigenvalue weighted by Gasteiger charge is -2.38. The lowest BCUT2D eigenvalue weighted by Crippen LogP contribution is -2.49. The van der Waals surface area contributed by atoms with Crippen LogP contribution in [-0.2, 0) is 20.7 Å². The molecule has 2 atom stereocenters. The van der Waals surface area contributed by atoms with Gasteiger partial charge in [0.05, 0.1) is 5.56 Å². The van der Waals surface area contributed by atoms with Crippen molar-refractivity contribution in [1.82, 2.24) is 4.90 Å². The van der Waals surface area contributed by atoms with E-state index >= 15 is 0 Å². The number of carbonyl (C=O) groups is 3. The Hall–Kier alpha value is -3.35. The third-order valence-electron chi connectivity index (χ3n) is 5.94. The van der Waals surface area contributed by atoms with Crippen LogP contribution in [0.25, 0.3) is 0 Å². The average Bonchev–Trinajstić information content (AvgIpc) is 2.82. The standard InChI is InChI=1S/C26H32N2O5/c1-4-20-10-5-6-11-23(20)27-24(29)16-33-26(31)21-12-14-22(15-13-21)32-17-25(30)28-18(2)8-7-9-19(28)3/h5-6,10-15,18-19H,4,7-9,16-17H2,1-3H3,(H,27,29). The van der Waals surface area contributed by atoms with E-state index in [-0.39, 0.29) is 31.2 Å². The van der Waals surface area contributed by atoms with Crippen LogP contribution in [0.4, 0.5) is 5.69 Å². The summed E-state index contributed by atoms with van der Waals surface area (Å²) in [5.74, 6) is -0.545. The van der Waals surface area contributed by atoms with Crippen LogP contribution in [0.2, 0.25) is 0 Å². The van der Waals surface area contributed by atoms with E-state index in [4.69, 9.17) is 9.47 Å². The molecule has 2 aromatic rings. The topological polar surface area (TPSA) is 84.9 Å². The Labute approximate surface area is 195 Å². The van der Waals surface area contributed by atoms with Gasteiger partial charge in [-0.05, 0) is 75.4 Å². The number of hydrogen-bond acceptors (Lipinski definition) is 5. The molecule has 176 valence electrons. The maximum absolute atomic E-state index is 12.6. The number of piperidine rings is 1. The number of hydrogen-bond donors (Lipinski definition) is 1. The van der Waals surface area contributed by atoms with E-state index in [2.05, 4.69) is 19.2 Å². The molecule has 1 fully saturated rings. The molecule has 1 aliphatic heterocycles. The molecular formula is C26H32N2O5. The van der Waals surface area contributed by atoms with Gasteiger partial charge in [0.25, 0.3) is 11.8 Å². The van der Waals surface area contributed by atoms with Crippen LogP contribution in [-0.4, -0.2) is 48.0 Å². The minimum atomic E-state index is -0.604. The highest BCUT2D eigenvalue weighted by molar-refractivity contribution is 5.96. The van der Waals surface area contributed by atoms with Gasteiger partial charge in [-0.15, -0.1) is 0 Å². The summed E-state index contributed by atoms with van der Waals surface area (Å²) in [6.07, 6.45) is 3.94. The second-order valence-corrected chi connectivity index (χ2v) is 8.38. The number of benzene rings is 2. The Morgan fingerprint density at radius 1 is 0.970 bits per heavy atom. The van der Waals surface area contributed by atoms with Gasteiger partial charge in [0, 0.05) is 17.8 Å². The zero-order valence-corrected chi connectivity index (χ0v) is 19.5. The summed E-state index contributed by atoms with van der Waals surface area (Å²) >= 11 is 0. The molecule has 2 aromatic carbocycles. The van der Waals surface area contributed by atoms with Crippen LogP contribution in [0.5, 0.6) is 5.75 Å². The molecule has 1 saturated heterocycles. The fraction of sp³-hybridized carbons (Fsp3) is 0.423. The van der Waals surface area contributed by atoms with Crippen molar-refractivity contribution in [3.8, 4) is 5.75 Å². The molecule has 0 aromatic heterocycles. The highest BCUT2D eigenvalue weighted by Crippen LogP contribution is 2.23. The second-order valence-electron chi connectivity index (χ2n) is 8.38. The van der Waals surface area contributed by atoms with Gasteiger partial charge in [-0.25, -0.2) is 4.79 Å². The molecule has 7 heteroatoms. The maximum atomic E-state index is 12.6. The van der Waals surface area contributed by atoms with Crippen molar-refractivity contribution in [2.45, 2.75) is 58.5 Å². The van der Waals surface area contributed by atoms with Crippen LogP contribution in [0.3, 0.4) is 0 Å². The molecule has 2 amide bonds. The van der Waals surface area contributed by atoms with E-state index in [1.54, 1.807) is 24.3 Å². The van der Waals surface area contributed by atoms with Crippen molar-refractivity contribution in [3.63, 3.8) is 0 Å². The van der Waals surface area contributed by atoms with Crippen LogP contribution >= 0.6 is 0 Å². The van der Waals surface area contributed by atoms with Gasteiger partial charge in [-0.3, -0.25) is 9.59 Å². The van der Waals surface area contributed by atoms with Crippen molar-refractivity contribution < 1.29 is 23.9 Å². The minimum Gasteiger partial charge on any atom is -0.484 e. The zero-order chi connectivity index (χ0) is 23.8. The van der Waals surface area contributed by atoms with E-state index in [9.17, 15) is 14.4 Å². The van der Waals surface area contributed by atoms with Crippen molar-refractivity contribution in [1.29, 1.82) is 0 Å². The first-order valence-electron chi connectivity index (χ1n) is 11.5. The number of aryl methyl sites for hydroxylation is 1. The molecule has 1 N–H and O–H groups in total. The highest BCUT2D eigenvalue weighted by Gasteiger charge is 2.29. The SMILES string of the molecule is CCc1ccccc1NC(=O)COC(=O)c1ccc(OCC(=O)N2C(C)CCCC2C)cc1. The van der Waals surface area contributed by atoms with Gasteiger partial charge in [0.15, 0.2) is 13.2 Å². The Bertz CT molecular complexity index is 963. The van der Waals surface area contributed by atoms with Gasteiger partial charge < -0.3 is 19.7 Å². The third kappa shape index (κ3) is 6.57. The summed E-state index contributed by atoms with van der Waals surface area (Å²) in [5, 5.41) is 2.77. The Balaban J connectivity index is 1.46. The molecule has 7 nitrogen and oxygen atoms in total. The van der Waals surface area contributed by atoms with Crippen LogP contribution < -0.4 is 10.1 Å². The number of anilines is 1. The molecule has 1 aliphatic rings. The van der Waals surface area contributed by atoms with Crippen LogP contribution in [0.15, 0.2) is 48.5 Å². The van der Waals surface area contributed by atoms with Crippen molar-refractivity contribution in [3.05, 3.63) is 59.7 Å². The van der Waals surface area contributed by atoms with E-state index in [1.165, 1.54) is 0 Å². The lowest BCUT2D eigenvalue weighted by molar-refractivity contribution is -0.139. The molecule has 3 rings (SSSR count). The third-order valence-corrected chi connectivity index (χ3v) is 5.94. The summed E-state index contributed by atoms with van der Waals surface area (Å²) < 4.78 is 10.8. The van der Waals surface area contributed by atoms with E-state index < -0.39 is 11.9 Å². The second kappa shape index (κ2) is 11.5. The summed E-state index contributed by atoms with van der Waals surface area (Å²) in [6, 6.07) is 14.3. The van der Waals surface area contributed by atoms with E-state index in [0.717, 1.165) is 31.2 Å². The van der Waals surface area contributed by atoms with Crippen molar-refractivity contribution in [2.24, 2.45) is 0 Å². The fourth-order valence-corrected chi connectivity index (χ4v) is 4.17. The Morgan fingerprint density at radius 2 is 1.64 bits per heavy atom. The largest absolute Gasteiger partial charge is 0.484 e. The summed E-state index contributed by atoms with van der Waals surface area (Å²) in [7, 11) is 0. The first kappa shape index (κ1) is 24.3. The van der Waals surface area contributed by atoms with E-state index in [1.807, 2.05) is 36.1 Å². The first-order chi connectivity index (χ1) is 15.9. The summed E-state index contributed by atoms with van der Waals surface area (Å²) in [5.41, 5.74) is 2.02. The van der Waals surface area contributed by atoms with Crippen LogP contribution in [0, 0.1) is 0 Å². The van der Waals surface area contributed by atoms with Gasteiger partial charge in [0.2, 0.25) is 0 Å². The van der Waals surface area contributed by atoms with Gasteiger partial charge in [-0.2, -0.15) is 0 Å². The van der Waals surface area contributed by atoms with Gasteiger partial charge in [0.1, 0.15) is 5.75 Å². The number of likely N-dealkylation sites (tertiary alicyclic amines) is 1. The summed E-state index contributed by atoms with van der Waals surface area (Å²) in [6.45, 7) is 5.71.